The van der Waals surface area contributed by atoms with E-state index in [1.807, 2.05) is 7.11 Å². The minimum atomic E-state index is 0. The molecule has 2 aliphatic rings. The Kier molecular flexibility index (Phi) is 6.83. The quantitative estimate of drug-likeness (QED) is 0.677. The predicted molar refractivity (Wildman–Crippen MR) is 115 cm³/mol. The lowest BCUT2D eigenvalue weighted by atomic mass is 9.72. The Bertz CT molecular complexity index is 718. The van der Waals surface area contributed by atoms with Crippen LogP contribution in [0, 0.1) is 0 Å². The summed E-state index contributed by atoms with van der Waals surface area (Å²) in [5, 5.41) is 0. The number of halogens is 1. The van der Waals surface area contributed by atoms with E-state index in [1.54, 1.807) is 0 Å². The highest BCUT2D eigenvalue weighted by molar-refractivity contribution is 5.85. The number of hydrogen-bond acceptors (Lipinski definition) is 2. The SMILES string of the molecule is COc1cccc2c1CC1(CCCCN1CCCc1ccccc1)CC2.Cl. The number of nitrogens with zero attached hydrogens (tertiary/aromatic N) is 1. The molecule has 1 unspecified atom stereocenters. The monoisotopic (exact) mass is 385 g/mol. The van der Waals surface area contributed by atoms with Crippen molar-refractivity contribution < 1.29 is 4.74 Å². The van der Waals surface area contributed by atoms with Crippen molar-refractivity contribution in [1.82, 2.24) is 4.90 Å². The fourth-order valence-corrected chi connectivity index (χ4v) is 5.12. The van der Waals surface area contributed by atoms with Gasteiger partial charge in [0.15, 0.2) is 0 Å². The van der Waals surface area contributed by atoms with E-state index in [4.69, 9.17) is 4.74 Å². The number of piperidine rings is 1. The van der Waals surface area contributed by atoms with Crippen molar-refractivity contribution in [2.24, 2.45) is 0 Å². The van der Waals surface area contributed by atoms with Gasteiger partial charge in [0.1, 0.15) is 5.75 Å². The van der Waals surface area contributed by atoms with E-state index in [2.05, 4.69) is 53.4 Å². The Hall–Kier alpha value is -1.51. The number of hydrogen-bond donors (Lipinski definition) is 0. The van der Waals surface area contributed by atoms with Gasteiger partial charge in [-0.05, 0) is 80.8 Å². The summed E-state index contributed by atoms with van der Waals surface area (Å²) in [4.78, 5) is 2.83. The van der Waals surface area contributed by atoms with Gasteiger partial charge < -0.3 is 4.74 Å². The molecule has 0 aromatic heterocycles. The molecule has 4 rings (SSSR count). The van der Waals surface area contributed by atoms with Gasteiger partial charge in [-0.1, -0.05) is 48.9 Å². The number of aryl methyl sites for hydroxylation is 2. The van der Waals surface area contributed by atoms with E-state index in [0.717, 1.165) is 12.2 Å². The van der Waals surface area contributed by atoms with Gasteiger partial charge in [-0.15, -0.1) is 12.4 Å². The van der Waals surface area contributed by atoms with Crippen LogP contribution < -0.4 is 4.74 Å². The Morgan fingerprint density at radius 3 is 2.67 bits per heavy atom. The number of fused-ring (bicyclic) bond motifs is 1. The van der Waals surface area contributed by atoms with Crippen LogP contribution in [0.15, 0.2) is 48.5 Å². The van der Waals surface area contributed by atoms with E-state index in [0.29, 0.717) is 5.54 Å². The topological polar surface area (TPSA) is 12.5 Å². The highest BCUT2D eigenvalue weighted by Crippen LogP contribution is 2.42. The smallest absolute Gasteiger partial charge is 0.122 e. The van der Waals surface area contributed by atoms with Crippen LogP contribution in [0.5, 0.6) is 5.75 Å². The van der Waals surface area contributed by atoms with Crippen molar-refractivity contribution in [3.8, 4) is 5.75 Å². The summed E-state index contributed by atoms with van der Waals surface area (Å²) in [6.45, 7) is 2.48. The lowest BCUT2D eigenvalue weighted by Crippen LogP contribution is -2.55. The summed E-state index contributed by atoms with van der Waals surface area (Å²) < 4.78 is 5.70. The van der Waals surface area contributed by atoms with E-state index in [1.165, 1.54) is 74.7 Å². The fourth-order valence-electron chi connectivity index (χ4n) is 5.12. The van der Waals surface area contributed by atoms with Crippen LogP contribution in [0.1, 0.15) is 48.8 Å². The van der Waals surface area contributed by atoms with Crippen molar-refractivity contribution in [1.29, 1.82) is 0 Å². The average Bonchev–Trinajstić information content (AvgIpc) is 2.70. The molecular formula is C24H32ClNO. The van der Waals surface area contributed by atoms with Crippen molar-refractivity contribution >= 4 is 12.4 Å². The first kappa shape index (κ1) is 20.2. The zero-order valence-electron chi connectivity index (χ0n) is 16.5. The molecule has 0 saturated carbocycles. The fraction of sp³-hybridized carbons (Fsp3) is 0.500. The van der Waals surface area contributed by atoms with Gasteiger partial charge in [-0.25, -0.2) is 0 Å². The maximum Gasteiger partial charge on any atom is 0.122 e. The molecule has 0 amide bonds. The third kappa shape index (κ3) is 4.33. The first-order valence-corrected chi connectivity index (χ1v) is 10.2. The predicted octanol–water partition coefficient (Wildman–Crippen LogP) is 5.46. The van der Waals surface area contributed by atoms with Crippen molar-refractivity contribution in [2.75, 3.05) is 20.2 Å². The summed E-state index contributed by atoms with van der Waals surface area (Å²) in [6.07, 6.45) is 10.2. The number of methoxy groups -OCH3 is 1. The minimum absolute atomic E-state index is 0. The molecule has 146 valence electrons. The minimum Gasteiger partial charge on any atom is -0.496 e. The molecule has 0 N–H and O–H groups in total. The molecule has 2 aromatic carbocycles. The Labute approximate surface area is 170 Å². The molecule has 1 aliphatic heterocycles. The first-order chi connectivity index (χ1) is 12.8. The molecule has 2 nitrogen and oxygen atoms in total. The van der Waals surface area contributed by atoms with Crippen LogP contribution in [-0.4, -0.2) is 30.6 Å². The van der Waals surface area contributed by atoms with Crippen LogP contribution in [0.25, 0.3) is 0 Å². The van der Waals surface area contributed by atoms with E-state index in [-0.39, 0.29) is 12.4 Å². The maximum atomic E-state index is 5.70. The van der Waals surface area contributed by atoms with Gasteiger partial charge in [0.25, 0.3) is 0 Å². The Morgan fingerprint density at radius 1 is 1.00 bits per heavy atom. The lowest BCUT2D eigenvalue weighted by Gasteiger charge is -2.50. The van der Waals surface area contributed by atoms with Crippen LogP contribution in [-0.2, 0) is 19.3 Å². The highest BCUT2D eigenvalue weighted by atomic mass is 35.5. The zero-order chi connectivity index (χ0) is 17.8. The summed E-state index contributed by atoms with van der Waals surface area (Å²) in [7, 11) is 1.81. The molecule has 1 saturated heterocycles. The lowest BCUT2D eigenvalue weighted by molar-refractivity contribution is 0.0325. The molecule has 0 radical (unpaired) electrons. The number of rotatable bonds is 5. The molecule has 27 heavy (non-hydrogen) atoms. The molecular weight excluding hydrogens is 354 g/mol. The second-order valence-corrected chi connectivity index (χ2v) is 8.03. The second kappa shape index (κ2) is 9.12. The Balaban J connectivity index is 0.00000210. The molecule has 1 fully saturated rings. The number of likely N-dealkylation sites (tertiary alicyclic amines) is 1. The van der Waals surface area contributed by atoms with Gasteiger partial charge in [0.2, 0.25) is 0 Å². The summed E-state index contributed by atoms with van der Waals surface area (Å²) in [5.41, 5.74) is 4.80. The molecule has 3 heteroatoms. The zero-order valence-corrected chi connectivity index (χ0v) is 17.3. The molecule has 1 aliphatic carbocycles. The van der Waals surface area contributed by atoms with Crippen molar-refractivity contribution in [2.45, 2.75) is 56.9 Å². The maximum absolute atomic E-state index is 5.70. The molecule has 1 atom stereocenters. The van der Waals surface area contributed by atoms with Crippen molar-refractivity contribution in [3.05, 3.63) is 65.2 Å². The standard InChI is InChI=1S/C24H31NO.ClH/c1-26-23-13-7-12-21-14-16-24(19-22(21)23)15-5-6-17-25(24)18-8-11-20-9-3-2-4-10-20;/h2-4,7,9-10,12-13H,5-6,8,11,14-19H2,1H3;1H. The largest absolute Gasteiger partial charge is 0.496 e. The number of ether oxygens (including phenoxy) is 1. The molecule has 1 spiro atoms. The molecule has 0 bridgehead atoms. The van der Waals surface area contributed by atoms with Gasteiger partial charge in [0.05, 0.1) is 7.11 Å². The van der Waals surface area contributed by atoms with E-state index in [9.17, 15) is 0 Å². The third-order valence-electron chi connectivity index (χ3n) is 6.54. The summed E-state index contributed by atoms with van der Waals surface area (Å²) in [6, 6.07) is 17.5. The molecule has 2 aromatic rings. The van der Waals surface area contributed by atoms with Gasteiger partial charge in [-0.3, -0.25) is 4.90 Å². The van der Waals surface area contributed by atoms with Crippen molar-refractivity contribution in [3.63, 3.8) is 0 Å². The van der Waals surface area contributed by atoms with Crippen LogP contribution in [0.2, 0.25) is 0 Å². The van der Waals surface area contributed by atoms with Crippen LogP contribution in [0.3, 0.4) is 0 Å². The third-order valence-corrected chi connectivity index (χ3v) is 6.54. The van der Waals surface area contributed by atoms with Gasteiger partial charge in [-0.2, -0.15) is 0 Å². The van der Waals surface area contributed by atoms with Gasteiger partial charge in [0, 0.05) is 5.54 Å². The van der Waals surface area contributed by atoms with Crippen LogP contribution >= 0.6 is 12.4 Å². The highest BCUT2D eigenvalue weighted by Gasteiger charge is 2.41. The average molecular weight is 386 g/mol. The molecule has 1 heterocycles. The van der Waals surface area contributed by atoms with E-state index >= 15 is 0 Å². The normalized spacial score (nSPS) is 22.1. The Morgan fingerprint density at radius 2 is 1.85 bits per heavy atom. The van der Waals surface area contributed by atoms with E-state index < -0.39 is 0 Å². The second-order valence-electron chi connectivity index (χ2n) is 8.03. The first-order valence-electron chi connectivity index (χ1n) is 10.2. The van der Waals surface area contributed by atoms with Gasteiger partial charge >= 0.3 is 0 Å². The summed E-state index contributed by atoms with van der Waals surface area (Å²) in [5.74, 6) is 1.09. The van der Waals surface area contributed by atoms with Crippen LogP contribution in [0.4, 0.5) is 0 Å². The number of benzene rings is 2. The summed E-state index contributed by atoms with van der Waals surface area (Å²) >= 11 is 0.